The number of hydrogen-bond donors (Lipinski definition) is 6. The summed E-state index contributed by atoms with van der Waals surface area (Å²) < 4.78 is 0. The Morgan fingerprint density at radius 1 is 0.714 bits per heavy atom. The zero-order valence-electron chi connectivity index (χ0n) is 7.82. The van der Waals surface area contributed by atoms with Crippen molar-refractivity contribution in [3.8, 4) is 0 Å². The normalized spacial score (nSPS) is 18.7. The summed E-state index contributed by atoms with van der Waals surface area (Å²) in [6.45, 7) is 4.55. The lowest BCUT2D eigenvalue weighted by Crippen LogP contribution is -2.46. The van der Waals surface area contributed by atoms with Crippen molar-refractivity contribution in [2.45, 2.75) is 24.4 Å². The molecule has 6 heteroatoms. The van der Waals surface area contributed by atoms with Crippen molar-refractivity contribution in [2.24, 2.45) is 0 Å². The maximum absolute atomic E-state index is 8.96. The van der Waals surface area contributed by atoms with Gasteiger partial charge in [0, 0.05) is 0 Å². The molecule has 0 aliphatic heterocycles. The SMILES string of the molecule is C=C.OCC(O)C(O)C(O)C(O)CO. The number of hydrogen-bond acceptors (Lipinski definition) is 6. The average Bonchev–Trinajstić information content (AvgIpc) is 2.27. The van der Waals surface area contributed by atoms with Crippen LogP contribution in [-0.4, -0.2) is 68.3 Å². The van der Waals surface area contributed by atoms with Gasteiger partial charge in [0.1, 0.15) is 24.4 Å². The molecule has 0 saturated carbocycles. The Morgan fingerprint density at radius 3 is 1.07 bits per heavy atom. The molecule has 0 rings (SSSR count). The van der Waals surface area contributed by atoms with Crippen molar-refractivity contribution in [2.75, 3.05) is 13.2 Å². The second-order valence-corrected chi connectivity index (χ2v) is 2.48. The van der Waals surface area contributed by atoms with E-state index in [1.165, 1.54) is 0 Å². The molecule has 4 atom stereocenters. The third-order valence-corrected chi connectivity index (χ3v) is 1.51. The Bertz CT molecular complexity index is 117. The lowest BCUT2D eigenvalue weighted by atomic mass is 10.0. The summed E-state index contributed by atoms with van der Waals surface area (Å²) in [5, 5.41) is 52.2. The van der Waals surface area contributed by atoms with Gasteiger partial charge in [-0.15, -0.1) is 13.2 Å². The molecular formula is C8H18O6. The van der Waals surface area contributed by atoms with Crippen molar-refractivity contribution in [1.29, 1.82) is 0 Å². The molecule has 6 nitrogen and oxygen atoms in total. The van der Waals surface area contributed by atoms with Gasteiger partial charge >= 0.3 is 0 Å². The Labute approximate surface area is 82.4 Å². The number of rotatable bonds is 5. The molecule has 86 valence electrons. The van der Waals surface area contributed by atoms with Crippen LogP contribution in [0.1, 0.15) is 0 Å². The standard InChI is InChI=1S/C6H14O6.C2H4/c7-1-3(9)5(11)6(12)4(10)2-8;1-2/h3-12H,1-2H2;1-2H2. The summed E-state index contributed by atoms with van der Waals surface area (Å²) in [7, 11) is 0. The van der Waals surface area contributed by atoms with Crippen LogP contribution in [0.4, 0.5) is 0 Å². The van der Waals surface area contributed by atoms with Crippen molar-refractivity contribution < 1.29 is 30.6 Å². The first-order chi connectivity index (χ1) is 6.54. The maximum Gasteiger partial charge on any atom is 0.111 e. The molecule has 0 spiro atoms. The molecule has 14 heavy (non-hydrogen) atoms. The Kier molecular flexibility index (Phi) is 10.3. The average molecular weight is 210 g/mol. The van der Waals surface area contributed by atoms with E-state index in [0.29, 0.717) is 0 Å². The van der Waals surface area contributed by atoms with Gasteiger partial charge in [-0.2, -0.15) is 0 Å². The second kappa shape index (κ2) is 9.07. The minimum atomic E-state index is -1.67. The quantitative estimate of drug-likeness (QED) is 0.273. The van der Waals surface area contributed by atoms with Crippen LogP contribution < -0.4 is 0 Å². The number of aliphatic hydroxyl groups excluding tert-OH is 6. The highest BCUT2D eigenvalue weighted by Crippen LogP contribution is 2.03. The van der Waals surface area contributed by atoms with E-state index in [2.05, 4.69) is 13.2 Å². The van der Waals surface area contributed by atoms with E-state index in [-0.39, 0.29) is 0 Å². The fourth-order valence-corrected chi connectivity index (χ4v) is 0.671. The van der Waals surface area contributed by atoms with E-state index in [0.717, 1.165) is 0 Å². The predicted molar refractivity (Wildman–Crippen MR) is 49.5 cm³/mol. The molecule has 0 bridgehead atoms. The zero-order valence-corrected chi connectivity index (χ0v) is 7.82. The Balaban J connectivity index is 0. The maximum atomic E-state index is 8.96. The summed E-state index contributed by atoms with van der Waals surface area (Å²) in [6, 6.07) is 0. The van der Waals surface area contributed by atoms with Crippen LogP contribution in [0.25, 0.3) is 0 Å². The van der Waals surface area contributed by atoms with Gasteiger partial charge in [-0.1, -0.05) is 0 Å². The van der Waals surface area contributed by atoms with Crippen molar-refractivity contribution >= 4 is 0 Å². The molecule has 0 aromatic rings. The summed E-state index contributed by atoms with van der Waals surface area (Å²) in [5.41, 5.74) is 0. The van der Waals surface area contributed by atoms with Crippen LogP contribution in [0.2, 0.25) is 0 Å². The predicted octanol–water partition coefficient (Wildman–Crippen LogP) is -2.78. The van der Waals surface area contributed by atoms with Crippen LogP contribution in [0.5, 0.6) is 0 Å². The zero-order chi connectivity index (χ0) is 11.7. The van der Waals surface area contributed by atoms with Gasteiger partial charge in [0.15, 0.2) is 0 Å². The van der Waals surface area contributed by atoms with E-state index < -0.39 is 37.6 Å². The molecule has 0 radical (unpaired) electrons. The van der Waals surface area contributed by atoms with Crippen molar-refractivity contribution in [3.63, 3.8) is 0 Å². The molecule has 0 aliphatic rings. The highest BCUT2D eigenvalue weighted by Gasteiger charge is 2.29. The van der Waals surface area contributed by atoms with E-state index in [1.807, 2.05) is 0 Å². The van der Waals surface area contributed by atoms with Crippen LogP contribution in [-0.2, 0) is 0 Å². The van der Waals surface area contributed by atoms with Crippen LogP contribution in [0.3, 0.4) is 0 Å². The minimum absolute atomic E-state index is 0.726. The van der Waals surface area contributed by atoms with Crippen LogP contribution >= 0.6 is 0 Å². The highest BCUT2D eigenvalue weighted by atomic mass is 16.4. The van der Waals surface area contributed by atoms with Gasteiger partial charge in [-0.3, -0.25) is 0 Å². The van der Waals surface area contributed by atoms with Crippen molar-refractivity contribution in [3.05, 3.63) is 13.2 Å². The van der Waals surface area contributed by atoms with Crippen LogP contribution in [0, 0.1) is 0 Å². The first-order valence-electron chi connectivity index (χ1n) is 3.98. The first kappa shape index (κ1) is 15.9. The van der Waals surface area contributed by atoms with Gasteiger partial charge in [0.25, 0.3) is 0 Å². The Morgan fingerprint density at radius 2 is 0.929 bits per heavy atom. The fraction of sp³-hybridized carbons (Fsp3) is 0.750. The fourth-order valence-electron chi connectivity index (χ4n) is 0.671. The van der Waals surface area contributed by atoms with Crippen LogP contribution in [0.15, 0.2) is 13.2 Å². The van der Waals surface area contributed by atoms with E-state index in [9.17, 15) is 0 Å². The third kappa shape index (κ3) is 5.28. The van der Waals surface area contributed by atoms with Gasteiger partial charge < -0.3 is 30.6 Å². The van der Waals surface area contributed by atoms with Gasteiger partial charge in [-0.25, -0.2) is 0 Å². The molecule has 0 fully saturated rings. The highest BCUT2D eigenvalue weighted by molar-refractivity contribution is 4.79. The van der Waals surface area contributed by atoms with Gasteiger partial charge in [0.2, 0.25) is 0 Å². The van der Waals surface area contributed by atoms with E-state index in [4.69, 9.17) is 30.6 Å². The van der Waals surface area contributed by atoms with E-state index in [1.54, 1.807) is 0 Å². The summed E-state index contributed by atoms with van der Waals surface area (Å²) in [4.78, 5) is 0. The Hall–Kier alpha value is -0.500. The van der Waals surface area contributed by atoms with Gasteiger partial charge in [-0.05, 0) is 0 Å². The molecular weight excluding hydrogens is 192 g/mol. The summed E-state index contributed by atoms with van der Waals surface area (Å²) in [6.07, 6.45) is -6.39. The lowest BCUT2D eigenvalue weighted by Gasteiger charge is -2.24. The summed E-state index contributed by atoms with van der Waals surface area (Å²) >= 11 is 0. The molecule has 0 amide bonds. The summed E-state index contributed by atoms with van der Waals surface area (Å²) in [5.74, 6) is 0. The minimum Gasteiger partial charge on any atom is -0.394 e. The molecule has 0 aromatic carbocycles. The smallest absolute Gasteiger partial charge is 0.111 e. The number of aliphatic hydroxyl groups is 6. The third-order valence-electron chi connectivity index (χ3n) is 1.51. The molecule has 0 heterocycles. The van der Waals surface area contributed by atoms with E-state index >= 15 is 0 Å². The topological polar surface area (TPSA) is 121 Å². The molecule has 4 unspecified atom stereocenters. The molecule has 0 aliphatic carbocycles. The first-order valence-corrected chi connectivity index (χ1v) is 3.98. The second-order valence-electron chi connectivity index (χ2n) is 2.48. The largest absolute Gasteiger partial charge is 0.394 e. The molecule has 0 saturated heterocycles. The molecule has 6 N–H and O–H groups in total. The molecule has 0 aromatic heterocycles. The monoisotopic (exact) mass is 210 g/mol. The van der Waals surface area contributed by atoms with Gasteiger partial charge in [0.05, 0.1) is 13.2 Å². The lowest BCUT2D eigenvalue weighted by molar-refractivity contribution is -0.123. The van der Waals surface area contributed by atoms with Crippen molar-refractivity contribution in [1.82, 2.24) is 0 Å².